The van der Waals surface area contributed by atoms with Crippen LogP contribution in [0.25, 0.3) is 0 Å². The molecule has 8 heteroatoms. The topological polar surface area (TPSA) is 52.6 Å². The molecule has 3 aromatic carbocycles. The molecule has 0 radical (unpaired) electrons. The lowest BCUT2D eigenvalue weighted by atomic mass is 9.94. The van der Waals surface area contributed by atoms with Gasteiger partial charge in [0.15, 0.2) is 0 Å². The van der Waals surface area contributed by atoms with Gasteiger partial charge >= 0.3 is 12.1 Å². The molecule has 2 N–H and O–H groups in total. The number of hydrogen-bond donors (Lipinski definition) is 2. The first-order valence-corrected chi connectivity index (χ1v) is 11.4. The molecule has 4 nitrogen and oxygen atoms in total. The van der Waals surface area contributed by atoms with Gasteiger partial charge in [0.25, 0.3) is 0 Å². The molecule has 0 atom stereocenters. The van der Waals surface area contributed by atoms with Crippen molar-refractivity contribution in [1.29, 1.82) is 0 Å². The molecule has 0 aromatic heterocycles. The lowest BCUT2D eigenvalue weighted by Crippen LogP contribution is -2.26. The van der Waals surface area contributed by atoms with Crippen molar-refractivity contribution in [1.82, 2.24) is 0 Å². The Morgan fingerprint density at radius 1 is 1.09 bits per heavy atom. The van der Waals surface area contributed by atoms with Crippen LogP contribution in [-0.2, 0) is 30.4 Å². The molecule has 0 fully saturated rings. The van der Waals surface area contributed by atoms with Crippen LogP contribution in [0.4, 0.5) is 34.6 Å². The van der Waals surface area contributed by atoms with Crippen LogP contribution in [-0.4, -0.2) is 17.6 Å². The van der Waals surface area contributed by atoms with E-state index in [1.807, 2.05) is 24.0 Å². The second-order valence-electron chi connectivity index (χ2n) is 8.71. The van der Waals surface area contributed by atoms with E-state index in [1.165, 1.54) is 18.2 Å². The first-order valence-electron chi connectivity index (χ1n) is 11.4. The third kappa shape index (κ3) is 5.58. The van der Waals surface area contributed by atoms with Crippen LogP contribution in [0.1, 0.15) is 40.7 Å². The summed E-state index contributed by atoms with van der Waals surface area (Å²) in [5.41, 5.74) is 4.67. The number of hydrogen-bond acceptors (Lipinski definition) is 3. The minimum absolute atomic E-state index is 0.122. The summed E-state index contributed by atoms with van der Waals surface area (Å²) >= 11 is 0. The van der Waals surface area contributed by atoms with Crippen molar-refractivity contribution in [2.75, 3.05) is 16.8 Å². The number of fused-ring (bicyclic) bond motifs is 1. The fraction of sp³-hybridized carbons (Fsp3) is 0.296. The monoisotopic (exact) mass is 486 g/mol. The largest absolute Gasteiger partial charge is 0.481 e. The van der Waals surface area contributed by atoms with Crippen LogP contribution in [0, 0.1) is 12.7 Å². The average Bonchev–Trinajstić information content (AvgIpc) is 2.82. The molecule has 0 unspecified atom stereocenters. The number of benzene rings is 3. The minimum atomic E-state index is -4.41. The fourth-order valence-corrected chi connectivity index (χ4v) is 4.51. The standard InChI is InChI=1S/C27H26F4N2O2/c1-17-20(16-32-22-11-9-18(24(28)15-22)10-12-25(34)35)8-7-19-4-3-13-33(26(17)19)23-6-2-5-21(14-23)27(29,30)31/h2,5-9,11,14-15,32H,3-4,10,12-13,16H2,1H3,(H,34,35). The molecule has 1 aliphatic heterocycles. The van der Waals surface area contributed by atoms with Crippen LogP contribution in [0.15, 0.2) is 54.6 Å². The SMILES string of the molecule is Cc1c(CNc2ccc(CCC(=O)O)c(F)c2)ccc2c1N(c1cccc(C(F)(F)F)c1)CCC2. The number of nitrogens with one attached hydrogen (secondary N) is 1. The minimum Gasteiger partial charge on any atom is -0.481 e. The van der Waals surface area contributed by atoms with Crippen LogP contribution in [0.2, 0.25) is 0 Å². The van der Waals surface area contributed by atoms with Crippen LogP contribution >= 0.6 is 0 Å². The molecule has 0 aliphatic carbocycles. The maximum absolute atomic E-state index is 14.4. The van der Waals surface area contributed by atoms with Crippen molar-refractivity contribution in [3.63, 3.8) is 0 Å². The highest BCUT2D eigenvalue weighted by Gasteiger charge is 2.31. The number of aliphatic carboxylic acids is 1. The van der Waals surface area contributed by atoms with E-state index in [-0.39, 0.29) is 12.8 Å². The van der Waals surface area contributed by atoms with Gasteiger partial charge in [0.05, 0.1) is 5.56 Å². The first-order chi connectivity index (χ1) is 16.6. The lowest BCUT2D eigenvalue weighted by molar-refractivity contribution is -0.138. The average molecular weight is 487 g/mol. The normalized spacial score (nSPS) is 13.5. The van der Waals surface area contributed by atoms with Gasteiger partial charge in [-0.15, -0.1) is 0 Å². The number of nitrogens with zero attached hydrogens (tertiary/aromatic N) is 1. The number of carbonyl (C=O) groups is 1. The second kappa shape index (κ2) is 9.98. The van der Waals surface area contributed by atoms with E-state index in [2.05, 4.69) is 5.32 Å². The molecule has 0 bridgehead atoms. The summed E-state index contributed by atoms with van der Waals surface area (Å²) in [5, 5.41) is 12.0. The van der Waals surface area contributed by atoms with Crippen LogP contribution in [0.3, 0.4) is 0 Å². The van der Waals surface area contributed by atoms with Gasteiger partial charge < -0.3 is 15.3 Å². The number of halogens is 4. The number of alkyl halides is 3. The first kappa shape index (κ1) is 24.6. The van der Waals surface area contributed by atoms with Crippen molar-refractivity contribution in [3.8, 4) is 0 Å². The molecular weight excluding hydrogens is 460 g/mol. The number of rotatable bonds is 7. The zero-order chi connectivity index (χ0) is 25.2. The quantitative estimate of drug-likeness (QED) is 0.358. The van der Waals surface area contributed by atoms with E-state index in [0.29, 0.717) is 30.0 Å². The van der Waals surface area contributed by atoms with Gasteiger partial charge in [-0.1, -0.05) is 24.3 Å². The predicted octanol–water partition coefficient (Wildman–Crippen LogP) is 6.87. The van der Waals surface area contributed by atoms with E-state index >= 15 is 0 Å². The molecule has 35 heavy (non-hydrogen) atoms. The van der Waals surface area contributed by atoms with Gasteiger partial charge in [0.2, 0.25) is 0 Å². The van der Waals surface area contributed by atoms with Crippen molar-refractivity contribution in [3.05, 3.63) is 88.2 Å². The summed E-state index contributed by atoms with van der Waals surface area (Å²) < 4.78 is 54.2. The van der Waals surface area contributed by atoms with E-state index in [4.69, 9.17) is 5.11 Å². The zero-order valence-electron chi connectivity index (χ0n) is 19.3. The van der Waals surface area contributed by atoms with E-state index in [1.54, 1.807) is 18.2 Å². The number of carboxylic acids is 1. The molecule has 0 amide bonds. The molecule has 3 aromatic rings. The molecular formula is C27H26F4N2O2. The van der Waals surface area contributed by atoms with Crippen molar-refractivity contribution >= 4 is 23.0 Å². The van der Waals surface area contributed by atoms with E-state index in [9.17, 15) is 22.4 Å². The highest BCUT2D eigenvalue weighted by Crippen LogP contribution is 2.40. The van der Waals surface area contributed by atoms with Gasteiger partial charge in [-0.2, -0.15) is 13.2 Å². The Kier molecular flexibility index (Phi) is 7.00. The molecule has 184 valence electrons. The molecule has 4 rings (SSSR count). The van der Waals surface area contributed by atoms with Gasteiger partial charge in [-0.25, -0.2) is 4.39 Å². The van der Waals surface area contributed by atoms with Gasteiger partial charge in [-0.3, -0.25) is 4.79 Å². The van der Waals surface area contributed by atoms with Crippen molar-refractivity contribution < 1.29 is 27.5 Å². The zero-order valence-corrected chi connectivity index (χ0v) is 19.3. The molecule has 0 spiro atoms. The van der Waals surface area contributed by atoms with Gasteiger partial charge in [0, 0.05) is 36.6 Å². The Morgan fingerprint density at radius 3 is 2.57 bits per heavy atom. The molecule has 0 saturated carbocycles. The summed E-state index contributed by atoms with van der Waals surface area (Å²) in [4.78, 5) is 12.7. The van der Waals surface area contributed by atoms with Crippen molar-refractivity contribution in [2.24, 2.45) is 0 Å². The summed E-state index contributed by atoms with van der Waals surface area (Å²) in [5.74, 6) is -1.44. The third-order valence-electron chi connectivity index (χ3n) is 6.35. The summed E-state index contributed by atoms with van der Waals surface area (Å²) in [6.07, 6.45) is -2.73. The van der Waals surface area contributed by atoms with E-state index in [0.717, 1.165) is 41.3 Å². The Balaban J connectivity index is 1.56. The predicted molar refractivity (Wildman–Crippen MR) is 128 cm³/mol. The smallest absolute Gasteiger partial charge is 0.416 e. The highest BCUT2D eigenvalue weighted by molar-refractivity contribution is 5.73. The summed E-state index contributed by atoms with van der Waals surface area (Å²) in [6, 6.07) is 14.0. The maximum Gasteiger partial charge on any atom is 0.416 e. The Bertz CT molecular complexity index is 1240. The fourth-order valence-electron chi connectivity index (χ4n) is 4.51. The Labute approximate surface area is 201 Å². The number of carboxylic acid groups (broad SMARTS) is 1. The number of aryl methyl sites for hydroxylation is 2. The maximum atomic E-state index is 14.4. The Morgan fingerprint density at radius 2 is 1.86 bits per heavy atom. The molecule has 1 heterocycles. The Hall–Kier alpha value is -3.55. The summed E-state index contributed by atoms with van der Waals surface area (Å²) in [7, 11) is 0. The third-order valence-corrected chi connectivity index (χ3v) is 6.35. The van der Waals surface area contributed by atoms with Crippen molar-refractivity contribution in [2.45, 2.75) is 45.3 Å². The van der Waals surface area contributed by atoms with Crippen LogP contribution in [0.5, 0.6) is 0 Å². The van der Waals surface area contributed by atoms with Crippen LogP contribution < -0.4 is 10.2 Å². The number of anilines is 3. The second-order valence-corrected chi connectivity index (χ2v) is 8.71. The lowest BCUT2D eigenvalue weighted by Gasteiger charge is -2.34. The van der Waals surface area contributed by atoms with Gasteiger partial charge in [-0.05, 0) is 78.8 Å². The molecule has 1 aliphatic rings. The van der Waals surface area contributed by atoms with Gasteiger partial charge in [0.1, 0.15) is 5.82 Å². The molecule has 0 saturated heterocycles. The van der Waals surface area contributed by atoms with E-state index < -0.39 is 23.5 Å². The highest BCUT2D eigenvalue weighted by atomic mass is 19.4. The summed E-state index contributed by atoms with van der Waals surface area (Å²) in [6.45, 7) is 2.98.